The van der Waals surface area contributed by atoms with Gasteiger partial charge in [-0.1, -0.05) is 12.1 Å². The Morgan fingerprint density at radius 1 is 1.67 bits per heavy atom. The van der Waals surface area contributed by atoms with Crippen LogP contribution in [-0.4, -0.2) is 29.3 Å². The van der Waals surface area contributed by atoms with Crippen LogP contribution in [0.1, 0.15) is 54.8 Å². The largest absolute Gasteiger partial charge is 0.396 e. The molecule has 0 aromatic carbocycles. The molecule has 1 aromatic heterocycles. The minimum atomic E-state index is -0.178. The summed E-state index contributed by atoms with van der Waals surface area (Å²) in [6, 6.07) is 1.74. The Balaban J connectivity index is 1.70. The van der Waals surface area contributed by atoms with E-state index < -0.39 is 0 Å². The molecule has 0 radical (unpaired) electrons. The van der Waals surface area contributed by atoms with E-state index in [4.69, 9.17) is 9.63 Å². The Morgan fingerprint density at radius 3 is 3.11 bits per heavy atom. The number of carbonyl (C=O) groups excluding carboxylic acids is 1. The second-order valence-electron chi connectivity index (χ2n) is 5.07. The first kappa shape index (κ1) is 13.1. The maximum atomic E-state index is 11.7. The fourth-order valence-corrected chi connectivity index (χ4v) is 1.79. The van der Waals surface area contributed by atoms with E-state index in [1.54, 1.807) is 6.07 Å². The molecule has 0 bridgehead atoms. The Kier molecular flexibility index (Phi) is 4.36. The van der Waals surface area contributed by atoms with Crippen molar-refractivity contribution in [3.8, 4) is 0 Å². The minimum absolute atomic E-state index is 0.178. The van der Waals surface area contributed by atoms with Crippen LogP contribution in [0, 0.1) is 5.92 Å². The molecule has 1 fully saturated rings. The van der Waals surface area contributed by atoms with E-state index in [0.717, 1.165) is 31.4 Å². The van der Waals surface area contributed by atoms with Crippen LogP contribution >= 0.6 is 0 Å². The molecular formula is C13H20N2O3. The molecule has 1 unspecified atom stereocenters. The predicted octanol–water partition coefficient (Wildman–Crippen LogP) is 1.69. The Bertz CT molecular complexity index is 399. The summed E-state index contributed by atoms with van der Waals surface area (Å²) in [5, 5.41) is 15.5. The van der Waals surface area contributed by atoms with Crippen molar-refractivity contribution in [2.24, 2.45) is 5.92 Å². The average Bonchev–Trinajstić information content (AvgIpc) is 3.11. The van der Waals surface area contributed by atoms with Crippen LogP contribution in [0.5, 0.6) is 0 Å². The molecule has 1 atom stereocenters. The molecule has 0 spiro atoms. The van der Waals surface area contributed by atoms with Crippen molar-refractivity contribution in [1.29, 1.82) is 0 Å². The summed E-state index contributed by atoms with van der Waals surface area (Å²) in [5.41, 5.74) is 0.368. The second kappa shape index (κ2) is 6.00. The summed E-state index contributed by atoms with van der Waals surface area (Å²) in [6.07, 6.45) is 4.04. The second-order valence-corrected chi connectivity index (χ2v) is 5.07. The minimum Gasteiger partial charge on any atom is -0.396 e. The van der Waals surface area contributed by atoms with E-state index in [0.29, 0.717) is 18.2 Å². The third kappa shape index (κ3) is 3.57. The summed E-state index contributed by atoms with van der Waals surface area (Å²) in [4.78, 5) is 11.7. The van der Waals surface area contributed by atoms with Gasteiger partial charge in [-0.15, -0.1) is 0 Å². The van der Waals surface area contributed by atoms with Gasteiger partial charge in [0.05, 0.1) is 0 Å². The van der Waals surface area contributed by atoms with Gasteiger partial charge in [0.2, 0.25) is 0 Å². The third-order valence-corrected chi connectivity index (χ3v) is 3.21. The molecule has 0 aliphatic heterocycles. The van der Waals surface area contributed by atoms with Crippen LogP contribution in [0.4, 0.5) is 0 Å². The van der Waals surface area contributed by atoms with Crippen LogP contribution in [0.3, 0.4) is 0 Å². The van der Waals surface area contributed by atoms with E-state index in [2.05, 4.69) is 10.5 Å². The van der Waals surface area contributed by atoms with Crippen molar-refractivity contribution in [2.45, 2.75) is 38.5 Å². The van der Waals surface area contributed by atoms with Gasteiger partial charge in [-0.3, -0.25) is 4.79 Å². The number of nitrogens with one attached hydrogen (secondary N) is 1. The van der Waals surface area contributed by atoms with Gasteiger partial charge in [-0.05, 0) is 31.6 Å². The van der Waals surface area contributed by atoms with Crippen molar-refractivity contribution in [2.75, 3.05) is 13.2 Å². The van der Waals surface area contributed by atoms with Gasteiger partial charge in [0, 0.05) is 25.1 Å². The predicted molar refractivity (Wildman–Crippen MR) is 66.3 cm³/mol. The summed E-state index contributed by atoms with van der Waals surface area (Å²) >= 11 is 0. The van der Waals surface area contributed by atoms with Gasteiger partial charge in [-0.25, -0.2) is 0 Å². The number of hydrogen-bond acceptors (Lipinski definition) is 4. The smallest absolute Gasteiger partial charge is 0.273 e. The fraction of sp³-hybridized carbons (Fsp3) is 0.692. The lowest BCUT2D eigenvalue weighted by Crippen LogP contribution is -2.25. The molecule has 5 nitrogen and oxygen atoms in total. The summed E-state index contributed by atoms with van der Waals surface area (Å²) in [6.45, 7) is 2.79. The Labute approximate surface area is 107 Å². The molecule has 5 heteroatoms. The van der Waals surface area contributed by atoms with Gasteiger partial charge in [0.1, 0.15) is 5.76 Å². The first-order chi connectivity index (χ1) is 8.70. The topological polar surface area (TPSA) is 75.4 Å². The third-order valence-electron chi connectivity index (χ3n) is 3.21. The summed E-state index contributed by atoms with van der Waals surface area (Å²) in [5.74, 6) is 1.41. The number of aliphatic hydroxyl groups excluding tert-OH is 1. The molecule has 2 rings (SSSR count). The van der Waals surface area contributed by atoms with Crippen LogP contribution in [0.25, 0.3) is 0 Å². The lowest BCUT2D eigenvalue weighted by Gasteiger charge is -2.07. The molecule has 1 aliphatic carbocycles. The lowest BCUT2D eigenvalue weighted by molar-refractivity contribution is 0.0943. The molecule has 1 aliphatic rings. The molecule has 18 heavy (non-hydrogen) atoms. The SMILES string of the molecule is CC(CO)CCCNC(=O)c1cc(C2CC2)on1. The van der Waals surface area contributed by atoms with Crippen LogP contribution < -0.4 is 5.32 Å². The average molecular weight is 252 g/mol. The Morgan fingerprint density at radius 2 is 2.44 bits per heavy atom. The highest BCUT2D eigenvalue weighted by atomic mass is 16.5. The van der Waals surface area contributed by atoms with E-state index in [9.17, 15) is 4.79 Å². The monoisotopic (exact) mass is 252 g/mol. The maximum absolute atomic E-state index is 11.7. The molecule has 0 saturated heterocycles. The van der Waals surface area contributed by atoms with Crippen molar-refractivity contribution in [1.82, 2.24) is 10.5 Å². The number of nitrogens with zero attached hydrogens (tertiary/aromatic N) is 1. The van der Waals surface area contributed by atoms with E-state index in [1.165, 1.54) is 0 Å². The Hall–Kier alpha value is -1.36. The maximum Gasteiger partial charge on any atom is 0.273 e. The summed E-state index contributed by atoms with van der Waals surface area (Å²) < 4.78 is 5.13. The normalized spacial score (nSPS) is 16.6. The number of aromatic nitrogens is 1. The van der Waals surface area contributed by atoms with Crippen molar-refractivity contribution in [3.63, 3.8) is 0 Å². The molecule has 1 aromatic rings. The standard InChI is InChI=1S/C13H20N2O3/c1-9(8-16)3-2-6-14-13(17)11-7-12(18-15-11)10-4-5-10/h7,9-10,16H,2-6,8H2,1H3,(H,14,17). The number of amides is 1. The van der Waals surface area contributed by atoms with Crippen molar-refractivity contribution in [3.05, 3.63) is 17.5 Å². The first-order valence-electron chi connectivity index (χ1n) is 6.56. The molecule has 2 N–H and O–H groups in total. The molecule has 1 heterocycles. The van der Waals surface area contributed by atoms with Crippen LogP contribution in [0.2, 0.25) is 0 Å². The van der Waals surface area contributed by atoms with Crippen LogP contribution in [0.15, 0.2) is 10.6 Å². The number of rotatable bonds is 7. The zero-order valence-corrected chi connectivity index (χ0v) is 10.7. The van der Waals surface area contributed by atoms with Crippen molar-refractivity contribution >= 4 is 5.91 Å². The quantitative estimate of drug-likeness (QED) is 0.724. The van der Waals surface area contributed by atoms with Gasteiger partial charge >= 0.3 is 0 Å². The van der Waals surface area contributed by atoms with E-state index in [1.807, 2.05) is 6.92 Å². The van der Waals surface area contributed by atoms with Gasteiger partial charge < -0.3 is 14.9 Å². The fourth-order valence-electron chi connectivity index (χ4n) is 1.79. The highest BCUT2D eigenvalue weighted by Gasteiger charge is 2.28. The van der Waals surface area contributed by atoms with Crippen LogP contribution in [-0.2, 0) is 0 Å². The molecular weight excluding hydrogens is 232 g/mol. The molecule has 1 saturated carbocycles. The van der Waals surface area contributed by atoms with E-state index in [-0.39, 0.29) is 18.4 Å². The number of hydrogen-bond donors (Lipinski definition) is 2. The molecule has 1 amide bonds. The van der Waals surface area contributed by atoms with E-state index >= 15 is 0 Å². The highest BCUT2D eigenvalue weighted by Crippen LogP contribution is 2.40. The van der Waals surface area contributed by atoms with Gasteiger partial charge in [0.25, 0.3) is 5.91 Å². The number of aliphatic hydroxyl groups is 1. The highest BCUT2D eigenvalue weighted by molar-refractivity contribution is 5.92. The van der Waals surface area contributed by atoms with Crippen molar-refractivity contribution < 1.29 is 14.4 Å². The van der Waals surface area contributed by atoms with Gasteiger partial charge in [-0.2, -0.15) is 0 Å². The zero-order valence-electron chi connectivity index (χ0n) is 10.7. The van der Waals surface area contributed by atoms with Gasteiger partial charge in [0.15, 0.2) is 5.69 Å². The molecule has 100 valence electrons. The lowest BCUT2D eigenvalue weighted by atomic mass is 10.1. The number of carbonyl (C=O) groups is 1. The summed E-state index contributed by atoms with van der Waals surface area (Å²) in [7, 11) is 0. The zero-order chi connectivity index (χ0) is 13.0. The first-order valence-corrected chi connectivity index (χ1v) is 6.56.